The summed E-state index contributed by atoms with van der Waals surface area (Å²) >= 11 is 5.75. The summed E-state index contributed by atoms with van der Waals surface area (Å²) in [6, 6.07) is 0. The van der Waals surface area contributed by atoms with Crippen molar-refractivity contribution in [2.75, 3.05) is 0 Å². The van der Waals surface area contributed by atoms with Crippen LogP contribution < -0.4 is 0 Å². The molecule has 3 atom stereocenters. The molecule has 0 aromatic rings. The first-order valence-electron chi connectivity index (χ1n) is 4.70. The largest absolute Gasteiger partial charge is 0.462 e. The molecule has 0 aromatic heterocycles. The van der Waals surface area contributed by atoms with Crippen LogP contribution in [0.1, 0.15) is 25.7 Å². The van der Waals surface area contributed by atoms with E-state index in [-0.39, 0.29) is 18.0 Å². The maximum atomic E-state index is 11.2. The monoisotopic (exact) mass is 200 g/mol. The summed E-state index contributed by atoms with van der Waals surface area (Å²) < 4.78 is 5.26. The van der Waals surface area contributed by atoms with Crippen molar-refractivity contribution < 1.29 is 9.53 Å². The highest BCUT2D eigenvalue weighted by molar-refractivity contribution is 6.29. The molecule has 1 saturated heterocycles. The highest BCUT2D eigenvalue weighted by Crippen LogP contribution is 2.40. The van der Waals surface area contributed by atoms with Crippen LogP contribution in [0.5, 0.6) is 0 Å². The van der Waals surface area contributed by atoms with Crippen molar-refractivity contribution in [3.8, 4) is 0 Å². The summed E-state index contributed by atoms with van der Waals surface area (Å²) in [4.78, 5) is 11.2. The molecule has 3 heteroatoms. The molecule has 1 saturated carbocycles. The molecule has 0 amide bonds. The zero-order valence-corrected chi connectivity index (χ0v) is 8.22. The van der Waals surface area contributed by atoms with E-state index in [1.54, 1.807) is 0 Å². The Morgan fingerprint density at radius 2 is 2.38 bits per heavy atom. The molecule has 72 valence electrons. The van der Waals surface area contributed by atoms with Crippen LogP contribution in [0.2, 0.25) is 0 Å². The normalized spacial score (nSPS) is 37.3. The van der Waals surface area contributed by atoms with Crippen molar-refractivity contribution >= 4 is 17.6 Å². The first kappa shape index (κ1) is 9.07. The van der Waals surface area contributed by atoms with Gasteiger partial charge in [0.1, 0.15) is 6.10 Å². The Kier molecular flexibility index (Phi) is 2.33. The third kappa shape index (κ3) is 1.73. The van der Waals surface area contributed by atoms with E-state index in [1.807, 2.05) is 0 Å². The molecule has 0 spiro atoms. The van der Waals surface area contributed by atoms with Crippen LogP contribution in [0.15, 0.2) is 11.6 Å². The highest BCUT2D eigenvalue weighted by Gasteiger charge is 2.42. The molecule has 2 rings (SSSR count). The van der Waals surface area contributed by atoms with Crippen LogP contribution >= 0.6 is 11.6 Å². The van der Waals surface area contributed by atoms with Crippen molar-refractivity contribution in [2.24, 2.45) is 11.8 Å². The lowest BCUT2D eigenvalue weighted by atomic mass is 9.80. The minimum Gasteiger partial charge on any atom is -0.462 e. The number of hydrogen-bond donors (Lipinski definition) is 0. The van der Waals surface area contributed by atoms with Gasteiger partial charge in [-0.05, 0) is 25.7 Å². The lowest BCUT2D eigenvalue weighted by Crippen LogP contribution is -2.23. The van der Waals surface area contributed by atoms with Gasteiger partial charge in [-0.2, -0.15) is 0 Å². The van der Waals surface area contributed by atoms with Crippen LogP contribution in [-0.2, 0) is 9.53 Å². The Bertz CT molecular complexity index is 249. The van der Waals surface area contributed by atoms with Gasteiger partial charge in [-0.25, -0.2) is 0 Å². The fourth-order valence-corrected chi connectivity index (χ4v) is 2.51. The van der Waals surface area contributed by atoms with Gasteiger partial charge >= 0.3 is 5.97 Å². The number of carbonyl (C=O) groups is 1. The molecule has 2 nitrogen and oxygen atoms in total. The molecule has 2 aliphatic rings. The summed E-state index contributed by atoms with van der Waals surface area (Å²) in [5, 5.41) is 0.673. The summed E-state index contributed by atoms with van der Waals surface area (Å²) in [6.07, 6.45) is 3.80. The molecule has 2 bridgehead atoms. The van der Waals surface area contributed by atoms with Crippen LogP contribution in [0, 0.1) is 11.8 Å². The van der Waals surface area contributed by atoms with Gasteiger partial charge in [-0.3, -0.25) is 4.79 Å². The van der Waals surface area contributed by atoms with Gasteiger partial charge in [0.15, 0.2) is 0 Å². The fourth-order valence-electron chi connectivity index (χ4n) is 2.31. The fraction of sp³-hybridized carbons (Fsp3) is 0.700. The Labute approximate surface area is 82.9 Å². The molecular formula is C10H13ClO2. The summed E-state index contributed by atoms with van der Waals surface area (Å²) in [5.41, 5.74) is 0. The molecule has 1 heterocycles. The molecular weight excluding hydrogens is 188 g/mol. The number of allylic oxidation sites excluding steroid dienone is 1. The molecule has 0 N–H and O–H groups in total. The Balaban J connectivity index is 2.01. The average Bonchev–Trinajstić information content (AvgIpc) is 2.34. The summed E-state index contributed by atoms with van der Waals surface area (Å²) in [5.74, 6) is 0.574. The molecule has 0 unspecified atom stereocenters. The van der Waals surface area contributed by atoms with E-state index in [0.29, 0.717) is 11.0 Å². The van der Waals surface area contributed by atoms with Gasteiger partial charge in [-0.1, -0.05) is 18.2 Å². The van der Waals surface area contributed by atoms with E-state index in [1.165, 1.54) is 0 Å². The third-order valence-electron chi connectivity index (χ3n) is 3.01. The Morgan fingerprint density at radius 1 is 1.62 bits per heavy atom. The standard InChI is InChI=1S/C10H13ClO2/c1-6(11)4-7-2-3-8-5-9(7)13-10(8)12/h7-9H,1-5H2/t7-,8+,9+/m0/s1. The topological polar surface area (TPSA) is 26.3 Å². The zero-order valence-electron chi connectivity index (χ0n) is 7.46. The number of rotatable bonds is 2. The second kappa shape index (κ2) is 3.33. The van der Waals surface area contributed by atoms with E-state index < -0.39 is 0 Å². The highest BCUT2D eigenvalue weighted by atomic mass is 35.5. The zero-order chi connectivity index (χ0) is 9.42. The van der Waals surface area contributed by atoms with Crippen molar-refractivity contribution in [3.63, 3.8) is 0 Å². The van der Waals surface area contributed by atoms with Crippen LogP contribution in [0.3, 0.4) is 0 Å². The van der Waals surface area contributed by atoms with E-state index >= 15 is 0 Å². The van der Waals surface area contributed by atoms with Crippen LogP contribution in [0.4, 0.5) is 0 Å². The summed E-state index contributed by atoms with van der Waals surface area (Å²) in [6.45, 7) is 3.68. The van der Waals surface area contributed by atoms with Gasteiger partial charge in [-0.15, -0.1) is 0 Å². The third-order valence-corrected chi connectivity index (χ3v) is 3.17. The minimum absolute atomic E-state index is 0.00677. The van der Waals surface area contributed by atoms with Crippen LogP contribution in [0.25, 0.3) is 0 Å². The van der Waals surface area contributed by atoms with Crippen LogP contribution in [-0.4, -0.2) is 12.1 Å². The number of carbonyl (C=O) groups excluding carboxylic acids is 1. The molecule has 0 radical (unpaired) electrons. The van der Waals surface area contributed by atoms with Crippen molar-refractivity contribution in [1.82, 2.24) is 0 Å². The molecule has 1 aliphatic heterocycles. The Morgan fingerprint density at radius 3 is 3.08 bits per heavy atom. The van der Waals surface area contributed by atoms with E-state index in [9.17, 15) is 4.79 Å². The predicted octanol–water partition coefficient (Wildman–Crippen LogP) is 2.47. The maximum Gasteiger partial charge on any atom is 0.309 e. The number of esters is 1. The van der Waals surface area contributed by atoms with Crippen molar-refractivity contribution in [1.29, 1.82) is 0 Å². The first-order valence-corrected chi connectivity index (χ1v) is 5.08. The average molecular weight is 201 g/mol. The maximum absolute atomic E-state index is 11.2. The van der Waals surface area contributed by atoms with E-state index in [4.69, 9.17) is 16.3 Å². The smallest absolute Gasteiger partial charge is 0.309 e. The minimum atomic E-state index is -0.00677. The summed E-state index contributed by atoms with van der Waals surface area (Å²) in [7, 11) is 0. The van der Waals surface area contributed by atoms with Gasteiger partial charge in [0.05, 0.1) is 5.92 Å². The molecule has 2 fully saturated rings. The second-order valence-corrected chi connectivity index (χ2v) is 4.50. The van der Waals surface area contributed by atoms with Gasteiger partial charge in [0.25, 0.3) is 0 Å². The molecule has 1 aliphatic carbocycles. The number of hydrogen-bond acceptors (Lipinski definition) is 2. The molecule has 13 heavy (non-hydrogen) atoms. The quantitative estimate of drug-likeness (QED) is 0.641. The van der Waals surface area contributed by atoms with Gasteiger partial charge in [0, 0.05) is 11.0 Å². The number of halogens is 1. The Hall–Kier alpha value is -0.500. The second-order valence-electron chi connectivity index (χ2n) is 3.97. The first-order chi connectivity index (χ1) is 6.16. The van der Waals surface area contributed by atoms with Crippen molar-refractivity contribution in [3.05, 3.63) is 11.6 Å². The molecule has 0 aromatic carbocycles. The van der Waals surface area contributed by atoms with E-state index in [2.05, 4.69) is 6.58 Å². The van der Waals surface area contributed by atoms with E-state index in [0.717, 1.165) is 25.7 Å². The van der Waals surface area contributed by atoms with Gasteiger partial charge in [0.2, 0.25) is 0 Å². The lowest BCUT2D eigenvalue weighted by molar-refractivity contribution is -0.144. The predicted molar refractivity (Wildman–Crippen MR) is 50.3 cm³/mol. The number of ether oxygens (including phenoxy) is 1. The van der Waals surface area contributed by atoms with Gasteiger partial charge < -0.3 is 4.74 Å². The van der Waals surface area contributed by atoms with Crippen molar-refractivity contribution in [2.45, 2.75) is 31.8 Å². The SMILES string of the molecule is C=C(Cl)C[C@@H]1CC[C@@H]2C[C@H]1OC2=O. The number of fused-ring (bicyclic) bond motifs is 2. The lowest BCUT2D eigenvalue weighted by Gasteiger charge is -2.25.